The first kappa shape index (κ1) is 50.8. The molecule has 0 aliphatic heterocycles. The van der Waals surface area contributed by atoms with Crippen molar-refractivity contribution in [3.63, 3.8) is 0 Å². The van der Waals surface area contributed by atoms with E-state index in [0.717, 1.165) is 11.1 Å². The quantitative estimate of drug-likeness (QED) is 0.108. The largest absolute Gasteiger partial charge is 0.458 e. The van der Waals surface area contributed by atoms with Gasteiger partial charge >= 0.3 is 0 Å². The maximum absolute atomic E-state index is 14.1. The lowest BCUT2D eigenvalue weighted by Crippen LogP contribution is -2.29. The molecule has 4 aromatic carbocycles. The summed E-state index contributed by atoms with van der Waals surface area (Å²) in [7, 11) is 3.62. The highest BCUT2D eigenvalue weighted by Crippen LogP contribution is 2.33. The zero-order chi connectivity index (χ0) is 55.6. The predicted molar refractivity (Wildman–Crippen MR) is 301 cm³/mol. The Hall–Kier alpha value is -11.4. The highest BCUT2D eigenvalue weighted by molar-refractivity contribution is 6.05. The number of nitrogens with one attached hydrogen (secondary N) is 2. The second kappa shape index (κ2) is 21.3. The molecule has 0 unspecified atom stereocenters. The van der Waals surface area contributed by atoms with Crippen LogP contribution in [-0.4, -0.2) is 60.6 Å². The molecule has 6 N–H and O–H groups in total. The molecule has 0 aliphatic rings. The van der Waals surface area contributed by atoms with Crippen LogP contribution in [0.3, 0.4) is 0 Å². The van der Waals surface area contributed by atoms with E-state index in [1.807, 2.05) is 74.8 Å². The van der Waals surface area contributed by atoms with Gasteiger partial charge in [-0.1, -0.05) is 96.5 Å². The number of nitrogen functional groups attached to an aromatic ring is 2. The van der Waals surface area contributed by atoms with Crippen molar-refractivity contribution in [3.8, 4) is 45.9 Å². The maximum Gasteiger partial charge on any atom is 0.259 e. The fraction of sp³-hybridized carbons (Fsp3) is 0.100. The molecule has 0 fully saturated rings. The van der Waals surface area contributed by atoms with E-state index in [9.17, 15) is 19.2 Å². The van der Waals surface area contributed by atoms with Crippen molar-refractivity contribution in [3.05, 3.63) is 224 Å². The van der Waals surface area contributed by atoms with E-state index in [4.69, 9.17) is 20.3 Å². The van der Waals surface area contributed by atoms with Gasteiger partial charge in [0.05, 0.1) is 57.5 Å². The summed E-state index contributed by atoms with van der Waals surface area (Å²) in [5.74, 6) is 12.0. The number of aryl methyl sites for hydroxylation is 2. The Morgan fingerprint density at radius 1 is 0.550 bits per heavy atom. The normalized spacial score (nSPS) is 11.8. The molecule has 12 rings (SSSR count). The first-order chi connectivity index (χ1) is 38.8. The minimum atomic E-state index is -0.706. The molecular formula is C60H46N14O6. The molecule has 0 spiro atoms. The average molecular weight is 1060 g/mol. The van der Waals surface area contributed by atoms with Crippen molar-refractivity contribution in [1.82, 2.24) is 59.4 Å². The third-order valence-corrected chi connectivity index (χ3v) is 12.9. The van der Waals surface area contributed by atoms with Gasteiger partial charge in [0.2, 0.25) is 10.9 Å². The van der Waals surface area contributed by atoms with Gasteiger partial charge in [0, 0.05) is 62.4 Å². The smallest absolute Gasteiger partial charge is 0.259 e. The number of carbonyl (C=O) groups is 2. The molecule has 2 atom stereocenters. The summed E-state index contributed by atoms with van der Waals surface area (Å²) in [4.78, 5) is 63.5. The van der Waals surface area contributed by atoms with Crippen LogP contribution in [-0.2, 0) is 14.1 Å². The number of nitrogens with zero attached hydrogens (tertiary/aromatic N) is 10. The fourth-order valence-electron chi connectivity index (χ4n) is 9.25. The molecule has 0 saturated carbocycles. The molecule has 0 radical (unpaired) electrons. The molecule has 80 heavy (non-hydrogen) atoms. The molecule has 20 nitrogen and oxygen atoms in total. The Labute approximate surface area is 454 Å². The topological polar surface area (TPSA) is 267 Å². The first-order valence-electron chi connectivity index (χ1n) is 24.9. The van der Waals surface area contributed by atoms with Crippen LogP contribution in [0.2, 0.25) is 0 Å². The second-order valence-electron chi connectivity index (χ2n) is 18.4. The molecular weight excluding hydrogens is 1010 g/mol. The van der Waals surface area contributed by atoms with Crippen molar-refractivity contribution in [2.45, 2.75) is 25.9 Å². The molecule has 2 amide bonds. The zero-order valence-electron chi connectivity index (χ0n) is 43.2. The molecule has 20 heteroatoms. The molecule has 8 aromatic heterocycles. The predicted octanol–water partition coefficient (Wildman–Crippen LogP) is 7.42. The number of fused-ring (bicyclic) bond motifs is 4. The summed E-state index contributed by atoms with van der Waals surface area (Å²) in [5, 5.41) is 23.2. The highest BCUT2D eigenvalue weighted by atomic mass is 16.3. The number of nitrogens with two attached hydrogens (primary N) is 2. The van der Waals surface area contributed by atoms with Gasteiger partial charge in [0.25, 0.3) is 11.8 Å². The molecule has 0 bridgehead atoms. The standard InChI is InChI=1S/2C30H23N7O3/c2*1-18(34-30(39)25-28(31)35-37-15-7-14-32-29(25)37)27-24(20-8-4-3-5-9-20)26(38)23-21(10-6-11-22(23)40-27)13-12-19-16-33-36(2)17-19/h2*3-11,14-18H,1-2H3,(H2,31,35)(H,34,39)/t2*18-/m10/s1. The Bertz CT molecular complexity index is 4350. The van der Waals surface area contributed by atoms with Crippen LogP contribution < -0.4 is 33.0 Å². The van der Waals surface area contributed by atoms with Gasteiger partial charge in [-0.05, 0) is 61.4 Å². The summed E-state index contributed by atoms with van der Waals surface area (Å²) in [6.45, 7) is 3.49. The van der Waals surface area contributed by atoms with E-state index >= 15 is 0 Å². The number of aromatic nitrogens is 10. The van der Waals surface area contributed by atoms with E-state index in [2.05, 4.69) is 64.7 Å². The molecule has 8 heterocycles. The number of benzene rings is 4. The van der Waals surface area contributed by atoms with E-state index < -0.39 is 23.9 Å². The minimum Gasteiger partial charge on any atom is -0.458 e. The van der Waals surface area contributed by atoms with Gasteiger partial charge < -0.3 is 30.9 Å². The van der Waals surface area contributed by atoms with Crippen LogP contribution in [0.25, 0.3) is 55.5 Å². The minimum absolute atomic E-state index is 0.0449. The lowest BCUT2D eigenvalue weighted by atomic mass is 9.97. The van der Waals surface area contributed by atoms with Crippen molar-refractivity contribution in [1.29, 1.82) is 0 Å². The highest BCUT2D eigenvalue weighted by Gasteiger charge is 2.28. The van der Waals surface area contributed by atoms with Gasteiger partial charge in [-0.3, -0.25) is 28.5 Å². The number of amides is 2. The average Bonchev–Trinajstić information content (AvgIpc) is 4.34. The second-order valence-corrected chi connectivity index (χ2v) is 18.4. The summed E-state index contributed by atoms with van der Waals surface area (Å²) in [6.07, 6.45) is 13.3. The van der Waals surface area contributed by atoms with Crippen molar-refractivity contribution < 1.29 is 18.4 Å². The molecule has 0 saturated heterocycles. The lowest BCUT2D eigenvalue weighted by molar-refractivity contribution is 0.0929. The third kappa shape index (κ3) is 9.85. The van der Waals surface area contributed by atoms with Crippen molar-refractivity contribution in [2.75, 3.05) is 11.5 Å². The van der Waals surface area contributed by atoms with Crippen LogP contribution >= 0.6 is 0 Å². The van der Waals surface area contributed by atoms with Crippen LogP contribution in [0.1, 0.15) is 80.4 Å². The zero-order valence-corrected chi connectivity index (χ0v) is 43.2. The maximum atomic E-state index is 14.1. The van der Waals surface area contributed by atoms with Crippen LogP contribution in [0.4, 0.5) is 11.6 Å². The summed E-state index contributed by atoms with van der Waals surface area (Å²) < 4.78 is 18.9. The molecule has 0 aliphatic carbocycles. The number of anilines is 2. The summed E-state index contributed by atoms with van der Waals surface area (Å²) >= 11 is 0. The van der Waals surface area contributed by atoms with Gasteiger partial charge in [-0.2, -0.15) is 10.2 Å². The Morgan fingerprint density at radius 3 is 1.35 bits per heavy atom. The number of hydrogen-bond donors (Lipinski definition) is 4. The van der Waals surface area contributed by atoms with Crippen LogP contribution in [0.15, 0.2) is 177 Å². The summed E-state index contributed by atoms with van der Waals surface area (Å²) in [6, 6.07) is 30.9. The van der Waals surface area contributed by atoms with E-state index in [0.29, 0.717) is 78.1 Å². The monoisotopic (exact) mass is 1060 g/mol. The number of hydrogen-bond acceptors (Lipinski definition) is 14. The fourth-order valence-corrected chi connectivity index (χ4v) is 9.25. The van der Waals surface area contributed by atoms with Gasteiger partial charge in [-0.15, -0.1) is 10.2 Å². The molecule has 12 aromatic rings. The van der Waals surface area contributed by atoms with Crippen molar-refractivity contribution in [2.24, 2.45) is 14.1 Å². The summed E-state index contributed by atoms with van der Waals surface area (Å²) in [5.41, 5.74) is 17.7. The van der Waals surface area contributed by atoms with Gasteiger partial charge in [0.1, 0.15) is 33.8 Å². The van der Waals surface area contributed by atoms with Crippen LogP contribution in [0, 0.1) is 23.7 Å². The lowest BCUT2D eigenvalue weighted by Gasteiger charge is -2.18. The third-order valence-electron chi connectivity index (χ3n) is 12.9. The van der Waals surface area contributed by atoms with E-state index in [1.165, 1.54) is 9.03 Å². The molecule has 392 valence electrons. The Kier molecular flexibility index (Phi) is 13.5. The SMILES string of the molecule is C[C@@H](NC(=O)c1c(N)nn2cccnc12)c1oc2cccc(C#Cc3cnn(C)c3)c2c(=O)c1-c1ccccc1.C[C@H](NC(=O)c1c(N)nn2cccnc12)c1oc2cccc(C#Cc3cnn(C)c3)c2c(=O)c1-c1ccccc1. The van der Waals surface area contributed by atoms with Crippen LogP contribution in [0.5, 0.6) is 0 Å². The van der Waals surface area contributed by atoms with Crippen molar-refractivity contribution >= 4 is 56.7 Å². The van der Waals surface area contributed by atoms with Gasteiger partial charge in [-0.25, -0.2) is 19.0 Å². The Balaban J connectivity index is 0.000000169. The number of rotatable bonds is 8. The first-order valence-corrected chi connectivity index (χ1v) is 24.9. The number of carbonyl (C=O) groups excluding carboxylic acids is 2. The van der Waals surface area contributed by atoms with E-state index in [-0.39, 0.29) is 33.6 Å². The Morgan fingerprint density at radius 2 is 0.963 bits per heavy atom. The van der Waals surface area contributed by atoms with Gasteiger partial charge in [0.15, 0.2) is 22.9 Å². The van der Waals surface area contributed by atoms with E-state index in [1.54, 1.807) is 121 Å².